The van der Waals surface area contributed by atoms with E-state index in [1.807, 2.05) is 6.92 Å². The van der Waals surface area contributed by atoms with E-state index in [-0.39, 0.29) is 0 Å². The van der Waals surface area contributed by atoms with Crippen LogP contribution in [0, 0.1) is 5.92 Å². The van der Waals surface area contributed by atoms with Crippen molar-refractivity contribution >= 4 is 5.78 Å². The topological polar surface area (TPSA) is 17.1 Å². The summed E-state index contributed by atoms with van der Waals surface area (Å²) in [5, 5.41) is 0. The Labute approximate surface area is 62.1 Å². The van der Waals surface area contributed by atoms with Gasteiger partial charge in [0.25, 0.3) is 0 Å². The molecule has 0 bridgehead atoms. The van der Waals surface area contributed by atoms with Gasteiger partial charge < -0.3 is 0 Å². The lowest BCUT2D eigenvalue weighted by atomic mass is 10.00. The minimum Gasteiger partial charge on any atom is -0.295 e. The first-order valence-corrected chi connectivity index (χ1v) is 3.87. The molecule has 0 amide bonds. The molecular weight excluding hydrogens is 124 g/mol. The maximum Gasteiger partial charge on any atom is 0.159 e. The summed E-state index contributed by atoms with van der Waals surface area (Å²) < 4.78 is 0. The van der Waals surface area contributed by atoms with Gasteiger partial charge in [-0.05, 0) is 31.8 Å². The minimum atomic E-state index is 0.351. The van der Waals surface area contributed by atoms with E-state index in [2.05, 4.69) is 13.8 Å². The van der Waals surface area contributed by atoms with Gasteiger partial charge in [-0.15, -0.1) is 0 Å². The lowest BCUT2D eigenvalue weighted by Crippen LogP contribution is -1.96. The van der Waals surface area contributed by atoms with Crippen molar-refractivity contribution in [2.45, 2.75) is 33.6 Å². The molecule has 0 aromatic heterocycles. The van der Waals surface area contributed by atoms with Gasteiger partial charge in [-0.1, -0.05) is 12.5 Å². The molecule has 1 aliphatic carbocycles. The van der Waals surface area contributed by atoms with Gasteiger partial charge in [-0.2, -0.15) is 0 Å². The standard InChI is InChI=1S/C9H14O/c1-4-8-5-9(10)7(3)6(8)2/h8H,4-5H2,1-3H3. The lowest BCUT2D eigenvalue weighted by Gasteiger charge is -2.04. The van der Waals surface area contributed by atoms with Crippen LogP contribution in [0.4, 0.5) is 0 Å². The Balaban J connectivity index is 2.83. The van der Waals surface area contributed by atoms with Crippen LogP contribution < -0.4 is 0 Å². The molecular formula is C9H14O. The first-order chi connectivity index (χ1) is 4.66. The molecule has 0 saturated heterocycles. The predicted molar refractivity (Wildman–Crippen MR) is 41.8 cm³/mol. The van der Waals surface area contributed by atoms with Crippen LogP contribution in [0.25, 0.3) is 0 Å². The number of allylic oxidation sites excluding steroid dienone is 2. The number of Topliss-reactive ketones (excluding diaryl/α,β-unsaturated/α-hetero) is 1. The highest BCUT2D eigenvalue weighted by Crippen LogP contribution is 2.30. The average Bonchev–Trinajstić information content (AvgIpc) is 2.17. The second kappa shape index (κ2) is 2.57. The van der Waals surface area contributed by atoms with Crippen LogP contribution in [0.15, 0.2) is 11.1 Å². The van der Waals surface area contributed by atoms with E-state index in [1.165, 1.54) is 5.57 Å². The number of carbonyl (C=O) groups is 1. The fraction of sp³-hybridized carbons (Fsp3) is 0.667. The fourth-order valence-corrected chi connectivity index (χ4v) is 1.51. The molecule has 56 valence electrons. The molecule has 1 atom stereocenters. The lowest BCUT2D eigenvalue weighted by molar-refractivity contribution is -0.115. The molecule has 0 fully saturated rings. The van der Waals surface area contributed by atoms with E-state index in [0.717, 1.165) is 18.4 Å². The summed E-state index contributed by atoms with van der Waals surface area (Å²) in [4.78, 5) is 11.1. The average molecular weight is 138 g/mol. The summed E-state index contributed by atoms with van der Waals surface area (Å²) in [5.41, 5.74) is 2.32. The van der Waals surface area contributed by atoms with Crippen molar-refractivity contribution in [1.29, 1.82) is 0 Å². The summed E-state index contributed by atoms with van der Waals surface area (Å²) in [6.45, 7) is 6.15. The van der Waals surface area contributed by atoms with Crippen molar-refractivity contribution in [3.8, 4) is 0 Å². The second-order valence-corrected chi connectivity index (χ2v) is 3.04. The molecule has 1 unspecified atom stereocenters. The maximum atomic E-state index is 11.1. The SMILES string of the molecule is CCC1CC(=O)C(C)=C1C. The highest BCUT2D eigenvalue weighted by atomic mass is 16.1. The van der Waals surface area contributed by atoms with Crippen molar-refractivity contribution in [2.75, 3.05) is 0 Å². The molecule has 1 aliphatic rings. The summed E-state index contributed by atoms with van der Waals surface area (Å²) in [7, 11) is 0. The van der Waals surface area contributed by atoms with Crippen molar-refractivity contribution in [1.82, 2.24) is 0 Å². The third kappa shape index (κ3) is 1.00. The molecule has 0 aromatic rings. The van der Waals surface area contributed by atoms with E-state index in [1.54, 1.807) is 0 Å². The molecule has 10 heavy (non-hydrogen) atoms. The van der Waals surface area contributed by atoms with E-state index in [0.29, 0.717) is 11.7 Å². The van der Waals surface area contributed by atoms with Crippen molar-refractivity contribution in [3.63, 3.8) is 0 Å². The van der Waals surface area contributed by atoms with E-state index < -0.39 is 0 Å². The fourth-order valence-electron chi connectivity index (χ4n) is 1.51. The monoisotopic (exact) mass is 138 g/mol. The van der Waals surface area contributed by atoms with Crippen molar-refractivity contribution in [2.24, 2.45) is 5.92 Å². The third-order valence-corrected chi connectivity index (χ3v) is 2.55. The first kappa shape index (κ1) is 7.52. The van der Waals surface area contributed by atoms with E-state index in [9.17, 15) is 4.79 Å². The van der Waals surface area contributed by atoms with Gasteiger partial charge >= 0.3 is 0 Å². The smallest absolute Gasteiger partial charge is 0.159 e. The normalized spacial score (nSPS) is 26.3. The van der Waals surface area contributed by atoms with Gasteiger partial charge in [0.05, 0.1) is 0 Å². The minimum absolute atomic E-state index is 0.351. The zero-order valence-electron chi connectivity index (χ0n) is 6.90. The van der Waals surface area contributed by atoms with Crippen LogP contribution in [0.5, 0.6) is 0 Å². The van der Waals surface area contributed by atoms with Gasteiger partial charge in [0.2, 0.25) is 0 Å². The molecule has 0 radical (unpaired) electrons. The summed E-state index contributed by atoms with van der Waals surface area (Å²) in [6, 6.07) is 0. The number of rotatable bonds is 1. The largest absolute Gasteiger partial charge is 0.295 e. The van der Waals surface area contributed by atoms with Crippen LogP contribution in [0.2, 0.25) is 0 Å². The van der Waals surface area contributed by atoms with Crippen molar-refractivity contribution in [3.05, 3.63) is 11.1 Å². The summed E-state index contributed by atoms with van der Waals surface area (Å²) in [5.74, 6) is 0.900. The summed E-state index contributed by atoms with van der Waals surface area (Å²) >= 11 is 0. The highest BCUT2D eigenvalue weighted by Gasteiger charge is 2.24. The first-order valence-electron chi connectivity index (χ1n) is 3.87. The Morgan fingerprint density at radius 3 is 2.30 bits per heavy atom. The quantitative estimate of drug-likeness (QED) is 0.543. The van der Waals surface area contributed by atoms with Crippen molar-refractivity contribution < 1.29 is 4.79 Å². The highest BCUT2D eigenvalue weighted by molar-refractivity contribution is 5.98. The molecule has 0 N–H and O–H groups in total. The van der Waals surface area contributed by atoms with Crippen LogP contribution in [-0.2, 0) is 4.79 Å². The molecule has 0 aromatic carbocycles. The van der Waals surface area contributed by atoms with E-state index >= 15 is 0 Å². The number of carbonyl (C=O) groups excluding carboxylic acids is 1. The van der Waals surface area contributed by atoms with E-state index in [4.69, 9.17) is 0 Å². The van der Waals surface area contributed by atoms with Crippen LogP contribution in [-0.4, -0.2) is 5.78 Å². The van der Waals surface area contributed by atoms with Gasteiger partial charge in [0.1, 0.15) is 0 Å². The van der Waals surface area contributed by atoms with Gasteiger partial charge in [-0.25, -0.2) is 0 Å². The number of ketones is 1. The third-order valence-electron chi connectivity index (χ3n) is 2.55. The van der Waals surface area contributed by atoms with Crippen LogP contribution in [0.3, 0.4) is 0 Å². The molecule has 0 aliphatic heterocycles. The maximum absolute atomic E-state index is 11.1. The van der Waals surface area contributed by atoms with Gasteiger partial charge in [0, 0.05) is 6.42 Å². The number of hydrogen-bond acceptors (Lipinski definition) is 1. The zero-order chi connectivity index (χ0) is 7.72. The molecule has 1 heteroatoms. The van der Waals surface area contributed by atoms with Gasteiger partial charge in [0.15, 0.2) is 5.78 Å². The Hall–Kier alpha value is -0.590. The second-order valence-electron chi connectivity index (χ2n) is 3.04. The molecule has 0 heterocycles. The van der Waals surface area contributed by atoms with Crippen LogP contribution >= 0.6 is 0 Å². The summed E-state index contributed by atoms with van der Waals surface area (Å²) in [6.07, 6.45) is 1.86. The molecule has 1 rings (SSSR count). The predicted octanol–water partition coefficient (Wildman–Crippen LogP) is 2.32. The number of hydrogen-bond donors (Lipinski definition) is 0. The Kier molecular flexibility index (Phi) is 1.93. The Morgan fingerprint density at radius 2 is 2.10 bits per heavy atom. The molecule has 1 nitrogen and oxygen atoms in total. The Morgan fingerprint density at radius 1 is 1.50 bits per heavy atom. The Bertz CT molecular complexity index is 189. The molecule has 0 saturated carbocycles. The van der Waals surface area contributed by atoms with Crippen LogP contribution in [0.1, 0.15) is 33.6 Å². The van der Waals surface area contributed by atoms with Gasteiger partial charge in [-0.3, -0.25) is 4.79 Å². The molecule has 0 spiro atoms. The zero-order valence-corrected chi connectivity index (χ0v) is 6.90.